The Morgan fingerprint density at radius 2 is 1.80 bits per heavy atom. The second-order valence-corrected chi connectivity index (χ2v) is 5.87. The van der Waals surface area contributed by atoms with Crippen LogP contribution in [0.4, 0.5) is 0 Å². The zero-order valence-electron chi connectivity index (χ0n) is 13.2. The van der Waals surface area contributed by atoms with E-state index in [-0.39, 0.29) is 13.0 Å². The fraction of sp³-hybridized carbons (Fsp3) is 0.615. The molecule has 3 heterocycles. The van der Waals surface area contributed by atoms with Gasteiger partial charge in [-0.3, -0.25) is 4.79 Å². The number of nitrogens with zero attached hydrogens (tertiary/aromatic N) is 6. The number of rotatable bonds is 5. The second-order valence-electron chi connectivity index (χ2n) is 5.87. The van der Waals surface area contributed by atoms with Crippen LogP contribution in [0.15, 0.2) is 12.4 Å². The molecule has 1 aliphatic heterocycles. The van der Waals surface area contributed by atoms with Gasteiger partial charge < -0.3 is 25.2 Å². The summed E-state index contributed by atoms with van der Waals surface area (Å²) in [5.74, 6) is -1.03. The standard InChI is InChI=1S/C13H18N6O6/c1-6-10(22)11(23)12(24)13(25-6)19-4-8(15-17-19)2-7-3-18(16-14-7)5-9(20)21/h3-4,6,10-13,22-24H,2,5H2,1H3,(H,20,21)/t6-,10+,11+,12-,13-/m0/s1. The smallest absolute Gasteiger partial charge is 0.325 e. The van der Waals surface area contributed by atoms with Crippen LogP contribution < -0.4 is 0 Å². The van der Waals surface area contributed by atoms with Crippen molar-refractivity contribution < 1.29 is 30.0 Å². The first-order valence-electron chi connectivity index (χ1n) is 7.56. The molecule has 0 radical (unpaired) electrons. The van der Waals surface area contributed by atoms with E-state index < -0.39 is 36.6 Å². The number of hydrogen-bond donors (Lipinski definition) is 4. The van der Waals surface area contributed by atoms with Crippen LogP contribution in [0, 0.1) is 0 Å². The van der Waals surface area contributed by atoms with Crippen LogP contribution in [0.25, 0.3) is 0 Å². The van der Waals surface area contributed by atoms with Gasteiger partial charge in [-0.05, 0) is 6.92 Å². The van der Waals surface area contributed by atoms with E-state index in [1.165, 1.54) is 21.8 Å². The molecule has 0 aromatic carbocycles. The molecule has 4 N–H and O–H groups in total. The maximum atomic E-state index is 10.6. The molecule has 0 spiro atoms. The predicted molar refractivity (Wildman–Crippen MR) is 78.1 cm³/mol. The van der Waals surface area contributed by atoms with Gasteiger partial charge in [-0.2, -0.15) is 0 Å². The molecular weight excluding hydrogens is 336 g/mol. The quantitative estimate of drug-likeness (QED) is 0.452. The normalized spacial score (nSPS) is 29.7. The Bertz CT molecular complexity index is 747. The van der Waals surface area contributed by atoms with E-state index in [1.807, 2.05) is 0 Å². The largest absolute Gasteiger partial charge is 0.480 e. The van der Waals surface area contributed by atoms with Crippen molar-refractivity contribution >= 4 is 5.97 Å². The summed E-state index contributed by atoms with van der Waals surface area (Å²) in [6.07, 6.45) is -2.34. The summed E-state index contributed by atoms with van der Waals surface area (Å²) < 4.78 is 7.93. The van der Waals surface area contributed by atoms with E-state index in [4.69, 9.17) is 9.84 Å². The number of carboxylic acid groups (broad SMARTS) is 1. The molecule has 0 unspecified atom stereocenters. The van der Waals surface area contributed by atoms with E-state index in [2.05, 4.69) is 20.6 Å². The number of aliphatic hydroxyl groups is 3. The zero-order valence-corrected chi connectivity index (χ0v) is 13.2. The molecule has 0 saturated carbocycles. The van der Waals surface area contributed by atoms with Crippen LogP contribution in [-0.4, -0.2) is 80.8 Å². The number of hydrogen-bond acceptors (Lipinski definition) is 9. The maximum Gasteiger partial charge on any atom is 0.325 e. The van der Waals surface area contributed by atoms with Crippen molar-refractivity contribution in [3.05, 3.63) is 23.8 Å². The third-order valence-electron chi connectivity index (χ3n) is 3.89. The van der Waals surface area contributed by atoms with Gasteiger partial charge in [0, 0.05) is 12.6 Å². The monoisotopic (exact) mass is 354 g/mol. The molecule has 0 aliphatic carbocycles. The Hall–Kier alpha value is -2.41. The van der Waals surface area contributed by atoms with Crippen LogP contribution in [0.5, 0.6) is 0 Å². The minimum absolute atomic E-state index is 0.253. The van der Waals surface area contributed by atoms with Crippen molar-refractivity contribution in [3.8, 4) is 0 Å². The third-order valence-corrected chi connectivity index (χ3v) is 3.89. The third kappa shape index (κ3) is 3.66. The van der Waals surface area contributed by atoms with E-state index >= 15 is 0 Å². The van der Waals surface area contributed by atoms with Gasteiger partial charge in [0.25, 0.3) is 0 Å². The molecule has 1 aliphatic rings. The predicted octanol–water partition coefficient (Wildman–Crippen LogP) is -2.45. The van der Waals surface area contributed by atoms with Gasteiger partial charge >= 0.3 is 5.97 Å². The number of aliphatic hydroxyl groups excluding tert-OH is 3. The molecular formula is C13H18N6O6. The lowest BCUT2D eigenvalue weighted by atomic mass is 9.99. The van der Waals surface area contributed by atoms with Crippen LogP contribution in [0.2, 0.25) is 0 Å². The van der Waals surface area contributed by atoms with Crippen molar-refractivity contribution in [2.45, 2.75) is 50.5 Å². The van der Waals surface area contributed by atoms with Crippen LogP contribution in [-0.2, 0) is 22.5 Å². The van der Waals surface area contributed by atoms with Crippen molar-refractivity contribution in [1.82, 2.24) is 30.0 Å². The fourth-order valence-electron chi connectivity index (χ4n) is 2.59. The van der Waals surface area contributed by atoms with E-state index in [0.29, 0.717) is 11.4 Å². The molecule has 1 saturated heterocycles. The van der Waals surface area contributed by atoms with Crippen LogP contribution in [0.3, 0.4) is 0 Å². The molecule has 2 aromatic rings. The number of aliphatic carboxylic acids is 1. The molecule has 25 heavy (non-hydrogen) atoms. The minimum atomic E-state index is -1.36. The number of carboxylic acids is 1. The average Bonchev–Trinajstić information content (AvgIpc) is 3.18. The first kappa shape index (κ1) is 17.4. The topological polar surface area (TPSA) is 169 Å². The SMILES string of the molecule is C[C@@H]1O[C@H](n2cc(Cc3cn(CC(=O)O)nn3)nn2)[C@@H](O)[C@H](O)[C@@H]1O. The fourth-order valence-corrected chi connectivity index (χ4v) is 2.59. The summed E-state index contributed by atoms with van der Waals surface area (Å²) in [7, 11) is 0. The van der Waals surface area contributed by atoms with Gasteiger partial charge in [0.2, 0.25) is 0 Å². The summed E-state index contributed by atoms with van der Waals surface area (Å²) in [5.41, 5.74) is 0.994. The second kappa shape index (κ2) is 6.84. The minimum Gasteiger partial charge on any atom is -0.480 e. The highest BCUT2D eigenvalue weighted by atomic mass is 16.5. The Morgan fingerprint density at radius 1 is 1.12 bits per heavy atom. The Kier molecular flexibility index (Phi) is 4.76. The number of aromatic nitrogens is 6. The summed E-state index contributed by atoms with van der Waals surface area (Å²) in [6, 6.07) is 0. The highest BCUT2D eigenvalue weighted by Crippen LogP contribution is 2.27. The summed E-state index contributed by atoms with van der Waals surface area (Å²) in [4.78, 5) is 10.6. The van der Waals surface area contributed by atoms with Gasteiger partial charge in [-0.25, -0.2) is 9.36 Å². The maximum absolute atomic E-state index is 10.6. The lowest BCUT2D eigenvalue weighted by Gasteiger charge is -2.38. The van der Waals surface area contributed by atoms with Crippen LogP contribution >= 0.6 is 0 Å². The molecule has 12 heteroatoms. The molecule has 2 aromatic heterocycles. The molecule has 3 rings (SSSR count). The molecule has 0 amide bonds. The molecule has 136 valence electrons. The molecule has 12 nitrogen and oxygen atoms in total. The van der Waals surface area contributed by atoms with Crippen molar-refractivity contribution in [2.75, 3.05) is 0 Å². The van der Waals surface area contributed by atoms with Gasteiger partial charge in [-0.15, -0.1) is 10.2 Å². The number of carbonyl (C=O) groups is 1. The van der Waals surface area contributed by atoms with E-state index in [1.54, 1.807) is 6.92 Å². The first-order chi connectivity index (χ1) is 11.8. The van der Waals surface area contributed by atoms with Gasteiger partial charge in [0.1, 0.15) is 24.9 Å². The zero-order chi connectivity index (χ0) is 18.1. The van der Waals surface area contributed by atoms with Crippen LogP contribution in [0.1, 0.15) is 24.5 Å². The summed E-state index contributed by atoms with van der Waals surface area (Å²) in [6.45, 7) is 1.28. The van der Waals surface area contributed by atoms with Gasteiger partial charge in [0.15, 0.2) is 6.23 Å². The lowest BCUT2D eigenvalue weighted by Crippen LogP contribution is -2.54. The average molecular weight is 354 g/mol. The first-order valence-corrected chi connectivity index (χ1v) is 7.56. The van der Waals surface area contributed by atoms with Gasteiger partial charge in [-0.1, -0.05) is 10.4 Å². The Balaban J connectivity index is 1.70. The number of ether oxygens (including phenoxy) is 1. The highest BCUT2D eigenvalue weighted by Gasteiger charge is 2.43. The molecule has 5 atom stereocenters. The molecule has 0 bridgehead atoms. The van der Waals surface area contributed by atoms with Crippen molar-refractivity contribution in [3.63, 3.8) is 0 Å². The van der Waals surface area contributed by atoms with Gasteiger partial charge in [0.05, 0.1) is 23.7 Å². The van der Waals surface area contributed by atoms with E-state index in [9.17, 15) is 20.1 Å². The summed E-state index contributed by atoms with van der Waals surface area (Å²) in [5, 5.41) is 53.7. The van der Waals surface area contributed by atoms with Crippen molar-refractivity contribution in [1.29, 1.82) is 0 Å². The molecule has 1 fully saturated rings. The van der Waals surface area contributed by atoms with Crippen molar-refractivity contribution in [2.24, 2.45) is 0 Å². The Morgan fingerprint density at radius 3 is 2.52 bits per heavy atom. The lowest BCUT2D eigenvalue weighted by molar-refractivity contribution is -0.243. The van der Waals surface area contributed by atoms with E-state index in [0.717, 1.165) is 0 Å². The Labute approximate surface area is 141 Å². The highest BCUT2D eigenvalue weighted by molar-refractivity contribution is 5.66. The summed E-state index contributed by atoms with van der Waals surface area (Å²) >= 11 is 0.